The van der Waals surface area contributed by atoms with Gasteiger partial charge in [0.1, 0.15) is 5.57 Å². The topological polar surface area (TPSA) is 40.6 Å². The Morgan fingerprint density at radius 3 is 2.04 bits per heavy atom. The van der Waals surface area contributed by atoms with E-state index in [4.69, 9.17) is 12.2 Å². The molecule has 4 nitrogen and oxygen atoms in total. The largest absolute Gasteiger partial charge is 0.281 e. The van der Waals surface area contributed by atoms with Crippen LogP contribution in [0.5, 0.6) is 0 Å². The fourth-order valence-electron chi connectivity index (χ4n) is 2.90. The number of rotatable bonds is 4. The summed E-state index contributed by atoms with van der Waals surface area (Å²) in [5.41, 5.74) is 1.41. The Labute approximate surface area is 179 Å². The van der Waals surface area contributed by atoms with Gasteiger partial charge >= 0.3 is 0 Å². The normalized spacial score (nSPS) is 17.3. The van der Waals surface area contributed by atoms with E-state index < -0.39 is 0 Å². The molecule has 28 heavy (non-hydrogen) atoms. The summed E-state index contributed by atoms with van der Waals surface area (Å²) < 4.78 is 0.696. The van der Waals surface area contributed by atoms with Crippen LogP contribution in [0.15, 0.2) is 63.1 Å². The maximum atomic E-state index is 13.1. The van der Waals surface area contributed by atoms with Crippen molar-refractivity contribution in [3.63, 3.8) is 0 Å². The lowest BCUT2D eigenvalue weighted by Crippen LogP contribution is -2.56. The van der Waals surface area contributed by atoms with Gasteiger partial charge in [-0.15, -0.1) is 13.2 Å². The highest BCUT2D eigenvalue weighted by atomic mass is 32.2. The van der Waals surface area contributed by atoms with Gasteiger partial charge in [-0.25, -0.2) is 0 Å². The molecule has 0 spiro atoms. The van der Waals surface area contributed by atoms with Crippen molar-refractivity contribution in [2.45, 2.75) is 36.0 Å². The van der Waals surface area contributed by atoms with E-state index in [0.717, 1.165) is 9.79 Å². The van der Waals surface area contributed by atoms with Crippen molar-refractivity contribution in [3.05, 3.63) is 58.9 Å². The molecule has 0 aromatic heterocycles. The molecule has 2 aliphatic rings. The summed E-state index contributed by atoms with van der Waals surface area (Å²) in [4.78, 5) is 31.1. The van der Waals surface area contributed by atoms with Crippen molar-refractivity contribution < 1.29 is 9.59 Å². The highest BCUT2D eigenvalue weighted by molar-refractivity contribution is 8.24. The monoisotopic (exact) mass is 430 g/mol. The third-order valence-electron chi connectivity index (χ3n) is 4.42. The van der Waals surface area contributed by atoms with Crippen molar-refractivity contribution >= 4 is 52.7 Å². The molecule has 1 saturated heterocycles. The first kappa shape index (κ1) is 20.9. The quantitative estimate of drug-likeness (QED) is 0.299. The average molecular weight is 431 g/mol. The number of fused-ring (bicyclic) bond motifs is 1. The standard InChI is InChI=1S/C21H22N2O2S3/c1-6-10-22-17(24)16(18(25)23(11-7-2)20(22)26)19-27-14-9-8-13(21(3,4)5)12-15(14)28-19/h6-9,12H,1-2,10-11H2,3-5H3. The minimum Gasteiger partial charge on any atom is -0.281 e. The zero-order chi connectivity index (χ0) is 20.6. The number of hydrogen-bond acceptors (Lipinski definition) is 5. The van der Waals surface area contributed by atoms with Gasteiger partial charge in [-0.05, 0) is 35.3 Å². The molecule has 2 aliphatic heterocycles. The Bertz CT molecular complexity index is 894. The first-order chi connectivity index (χ1) is 13.2. The van der Waals surface area contributed by atoms with E-state index in [1.807, 2.05) is 0 Å². The van der Waals surface area contributed by atoms with E-state index >= 15 is 0 Å². The highest BCUT2D eigenvalue weighted by Crippen LogP contribution is 2.53. The van der Waals surface area contributed by atoms with Gasteiger partial charge in [0.2, 0.25) is 0 Å². The van der Waals surface area contributed by atoms with Gasteiger partial charge in [0, 0.05) is 22.9 Å². The fraction of sp³-hybridized carbons (Fsp3) is 0.286. The Hall–Kier alpha value is -1.83. The van der Waals surface area contributed by atoms with Crippen molar-refractivity contribution in [2.75, 3.05) is 13.1 Å². The first-order valence-corrected chi connectivity index (χ1v) is 10.9. The average Bonchev–Trinajstić information content (AvgIpc) is 3.04. The van der Waals surface area contributed by atoms with Crippen LogP contribution in [0.4, 0.5) is 0 Å². The van der Waals surface area contributed by atoms with Crippen LogP contribution in [0.3, 0.4) is 0 Å². The van der Waals surface area contributed by atoms with Crippen molar-refractivity contribution in [2.24, 2.45) is 0 Å². The van der Waals surface area contributed by atoms with Crippen LogP contribution in [-0.2, 0) is 15.0 Å². The second-order valence-electron chi connectivity index (χ2n) is 7.47. The van der Waals surface area contributed by atoms with Crippen LogP contribution >= 0.6 is 35.7 Å². The van der Waals surface area contributed by atoms with Crippen LogP contribution < -0.4 is 0 Å². The molecular formula is C21H22N2O2S3. The van der Waals surface area contributed by atoms with Crippen LogP contribution in [0.25, 0.3) is 0 Å². The summed E-state index contributed by atoms with van der Waals surface area (Å²) in [6.07, 6.45) is 3.21. The third kappa shape index (κ3) is 3.71. The predicted octanol–water partition coefficient (Wildman–Crippen LogP) is 4.72. The van der Waals surface area contributed by atoms with Gasteiger partial charge in [-0.3, -0.25) is 19.4 Å². The molecule has 0 bridgehead atoms. The summed E-state index contributed by atoms with van der Waals surface area (Å²) in [7, 11) is 0. The van der Waals surface area contributed by atoms with E-state index in [1.54, 1.807) is 12.2 Å². The summed E-state index contributed by atoms with van der Waals surface area (Å²) >= 11 is 8.31. The highest BCUT2D eigenvalue weighted by Gasteiger charge is 2.42. The molecule has 0 radical (unpaired) electrons. The zero-order valence-corrected chi connectivity index (χ0v) is 18.6. The molecule has 1 aromatic rings. The van der Waals surface area contributed by atoms with E-state index in [0.29, 0.717) is 4.24 Å². The molecule has 2 amide bonds. The smallest absolute Gasteiger partial charge is 0.267 e. The lowest BCUT2D eigenvalue weighted by atomic mass is 9.87. The Morgan fingerprint density at radius 2 is 1.54 bits per heavy atom. The number of thioether (sulfide) groups is 2. The maximum absolute atomic E-state index is 13.1. The second-order valence-corrected chi connectivity index (χ2v) is 10.2. The van der Waals surface area contributed by atoms with Crippen molar-refractivity contribution in [3.8, 4) is 0 Å². The van der Waals surface area contributed by atoms with Crippen molar-refractivity contribution in [1.82, 2.24) is 9.80 Å². The number of carbonyl (C=O) groups excluding carboxylic acids is 2. The van der Waals surface area contributed by atoms with E-state index in [-0.39, 0.29) is 41.0 Å². The minimum atomic E-state index is -0.367. The fourth-order valence-corrected chi connectivity index (χ4v) is 5.77. The Balaban J connectivity index is 2.04. The van der Waals surface area contributed by atoms with E-state index in [1.165, 1.54) is 38.9 Å². The van der Waals surface area contributed by atoms with Gasteiger partial charge in [0.15, 0.2) is 5.11 Å². The number of hydrogen-bond donors (Lipinski definition) is 0. The Morgan fingerprint density at radius 1 is 1.00 bits per heavy atom. The molecule has 2 heterocycles. The molecular weight excluding hydrogens is 408 g/mol. The SMILES string of the molecule is C=CCN1C(=O)C(=C2Sc3ccc(C(C)(C)C)cc3S2)C(=O)N(CC=C)C1=S. The van der Waals surface area contributed by atoms with Crippen LogP contribution in [0.1, 0.15) is 26.3 Å². The van der Waals surface area contributed by atoms with Gasteiger partial charge in [0.05, 0.1) is 4.24 Å². The van der Waals surface area contributed by atoms with Crippen LogP contribution in [0, 0.1) is 0 Å². The zero-order valence-electron chi connectivity index (χ0n) is 16.2. The number of nitrogens with zero attached hydrogens (tertiary/aromatic N) is 2. The van der Waals surface area contributed by atoms with Gasteiger partial charge in [0.25, 0.3) is 11.8 Å². The molecule has 0 unspecified atom stereocenters. The Kier molecular flexibility index (Phi) is 5.89. The lowest BCUT2D eigenvalue weighted by Gasteiger charge is -2.35. The van der Waals surface area contributed by atoms with Crippen molar-refractivity contribution in [1.29, 1.82) is 0 Å². The van der Waals surface area contributed by atoms with Gasteiger partial charge in [-0.1, -0.05) is 62.5 Å². The number of thiocarbonyl (C=S) groups is 1. The second kappa shape index (κ2) is 7.89. The number of carbonyl (C=O) groups is 2. The molecule has 0 atom stereocenters. The molecule has 146 valence electrons. The summed E-state index contributed by atoms with van der Waals surface area (Å²) in [6.45, 7) is 14.4. The van der Waals surface area contributed by atoms with Crippen LogP contribution in [0.2, 0.25) is 0 Å². The summed E-state index contributed by atoms with van der Waals surface area (Å²) in [6, 6.07) is 6.31. The minimum absolute atomic E-state index is 0.0281. The molecule has 1 aromatic carbocycles. The molecule has 0 saturated carbocycles. The maximum Gasteiger partial charge on any atom is 0.267 e. The molecule has 7 heteroatoms. The summed E-state index contributed by atoms with van der Waals surface area (Å²) in [5, 5.41) is 0.194. The van der Waals surface area contributed by atoms with E-state index in [9.17, 15) is 9.59 Å². The number of amides is 2. The molecule has 0 N–H and O–H groups in total. The molecule has 3 rings (SSSR count). The number of benzene rings is 1. The van der Waals surface area contributed by atoms with E-state index in [2.05, 4.69) is 52.1 Å². The molecule has 0 aliphatic carbocycles. The lowest BCUT2D eigenvalue weighted by molar-refractivity contribution is -0.133. The predicted molar refractivity (Wildman–Crippen MR) is 120 cm³/mol. The van der Waals surface area contributed by atoms with Crippen LogP contribution in [-0.4, -0.2) is 39.8 Å². The summed E-state index contributed by atoms with van der Waals surface area (Å²) in [5.74, 6) is -0.733. The third-order valence-corrected chi connectivity index (χ3v) is 7.40. The van der Waals surface area contributed by atoms with Gasteiger partial charge < -0.3 is 0 Å². The molecule has 1 fully saturated rings. The first-order valence-electron chi connectivity index (χ1n) is 8.83. The van der Waals surface area contributed by atoms with Gasteiger partial charge in [-0.2, -0.15) is 0 Å².